The van der Waals surface area contributed by atoms with Gasteiger partial charge in [0.25, 0.3) is 0 Å². The van der Waals surface area contributed by atoms with Crippen molar-refractivity contribution in [2.45, 2.75) is 6.42 Å². The molecule has 16 heavy (non-hydrogen) atoms. The summed E-state index contributed by atoms with van der Waals surface area (Å²) in [5.74, 6) is -2.44. The summed E-state index contributed by atoms with van der Waals surface area (Å²) in [4.78, 5) is 21.2. The monoisotopic (exact) mass is 223 g/mol. The lowest BCUT2D eigenvalue weighted by atomic mass is 10.1. The van der Waals surface area contributed by atoms with E-state index < -0.39 is 17.7 Å². The van der Waals surface area contributed by atoms with E-state index in [2.05, 4.69) is 0 Å². The van der Waals surface area contributed by atoms with Crippen molar-refractivity contribution >= 4 is 18.0 Å². The first-order chi connectivity index (χ1) is 7.52. The number of hydrogen-bond acceptors (Lipinski definition) is 2. The van der Waals surface area contributed by atoms with Crippen LogP contribution in [0.25, 0.3) is 6.08 Å². The molecule has 5 heteroatoms. The average molecular weight is 223 g/mol. The van der Waals surface area contributed by atoms with E-state index in [-0.39, 0.29) is 17.5 Å². The Hall–Kier alpha value is -2.17. The smallest absolute Gasteiger partial charge is 0.336 e. The summed E-state index contributed by atoms with van der Waals surface area (Å²) in [6, 6.07) is 3.75. The second-order valence-corrected chi connectivity index (χ2v) is 3.08. The molecule has 0 heterocycles. The van der Waals surface area contributed by atoms with Crippen LogP contribution in [0.3, 0.4) is 0 Å². The number of primary amides is 1. The highest BCUT2D eigenvalue weighted by Crippen LogP contribution is 2.15. The molecule has 0 bridgehead atoms. The number of rotatable bonds is 4. The van der Waals surface area contributed by atoms with Crippen molar-refractivity contribution in [1.82, 2.24) is 0 Å². The number of hydrogen-bond donors (Lipinski definition) is 2. The number of carbonyl (C=O) groups is 2. The molecule has 1 rings (SSSR count). The Morgan fingerprint density at radius 2 is 2.12 bits per heavy atom. The minimum absolute atomic E-state index is 0.0590. The Morgan fingerprint density at radius 1 is 1.44 bits per heavy atom. The van der Waals surface area contributed by atoms with E-state index >= 15 is 0 Å². The SMILES string of the molecule is NC(=O)CC=Cc1c(F)cccc1C(=O)O. The summed E-state index contributed by atoms with van der Waals surface area (Å²) in [6.45, 7) is 0. The van der Waals surface area contributed by atoms with Crippen LogP contribution in [0.1, 0.15) is 22.3 Å². The van der Waals surface area contributed by atoms with Gasteiger partial charge in [-0.2, -0.15) is 0 Å². The summed E-state index contributed by atoms with van der Waals surface area (Å²) in [6.07, 6.45) is 2.50. The van der Waals surface area contributed by atoms with Gasteiger partial charge in [-0.15, -0.1) is 0 Å². The van der Waals surface area contributed by atoms with Crippen molar-refractivity contribution in [2.24, 2.45) is 5.73 Å². The molecule has 0 radical (unpaired) electrons. The highest BCUT2D eigenvalue weighted by atomic mass is 19.1. The number of benzene rings is 1. The van der Waals surface area contributed by atoms with E-state index in [0.717, 1.165) is 6.07 Å². The Morgan fingerprint density at radius 3 is 2.69 bits per heavy atom. The minimum atomic E-state index is -1.22. The second-order valence-electron chi connectivity index (χ2n) is 3.08. The van der Waals surface area contributed by atoms with Crippen LogP contribution in [-0.2, 0) is 4.79 Å². The van der Waals surface area contributed by atoms with Crippen molar-refractivity contribution < 1.29 is 19.1 Å². The largest absolute Gasteiger partial charge is 0.478 e. The summed E-state index contributed by atoms with van der Waals surface area (Å²) >= 11 is 0. The standard InChI is InChI=1S/C11H10FNO3/c12-9-5-1-4-8(11(15)16)7(9)3-2-6-10(13)14/h1-5H,6H2,(H2,13,14)(H,15,16). The fourth-order valence-electron chi connectivity index (χ4n) is 1.19. The number of halogens is 1. The topological polar surface area (TPSA) is 80.4 Å². The van der Waals surface area contributed by atoms with Crippen molar-refractivity contribution in [3.63, 3.8) is 0 Å². The van der Waals surface area contributed by atoms with Crippen molar-refractivity contribution in [1.29, 1.82) is 0 Å². The molecule has 1 aromatic rings. The molecule has 0 aliphatic rings. The molecule has 0 atom stereocenters. The lowest BCUT2D eigenvalue weighted by Gasteiger charge is -2.01. The van der Waals surface area contributed by atoms with E-state index in [1.165, 1.54) is 24.3 Å². The molecular formula is C11H10FNO3. The fourth-order valence-corrected chi connectivity index (χ4v) is 1.19. The third kappa shape index (κ3) is 2.91. The number of amides is 1. The zero-order valence-electron chi connectivity index (χ0n) is 8.31. The van der Waals surface area contributed by atoms with Crippen LogP contribution in [0.4, 0.5) is 4.39 Å². The molecule has 0 saturated carbocycles. The predicted molar refractivity (Wildman–Crippen MR) is 56.2 cm³/mol. The molecule has 0 aliphatic heterocycles. The van der Waals surface area contributed by atoms with Gasteiger partial charge in [-0.3, -0.25) is 4.79 Å². The van der Waals surface area contributed by atoms with Crippen LogP contribution < -0.4 is 5.73 Å². The fraction of sp³-hybridized carbons (Fsp3) is 0.0909. The Balaban J connectivity index is 3.06. The number of aromatic carboxylic acids is 1. The molecule has 0 aromatic heterocycles. The first kappa shape index (κ1) is 11.9. The number of nitrogens with two attached hydrogens (primary N) is 1. The molecular weight excluding hydrogens is 213 g/mol. The lowest BCUT2D eigenvalue weighted by molar-refractivity contribution is -0.117. The normalized spacial score (nSPS) is 10.6. The van der Waals surface area contributed by atoms with Gasteiger partial charge in [0, 0.05) is 12.0 Å². The molecule has 0 unspecified atom stereocenters. The molecule has 84 valence electrons. The molecule has 1 amide bonds. The lowest BCUT2D eigenvalue weighted by Crippen LogP contribution is -2.08. The quantitative estimate of drug-likeness (QED) is 0.809. The number of carboxylic acids is 1. The molecule has 0 fully saturated rings. The third-order valence-corrected chi connectivity index (χ3v) is 1.89. The molecule has 1 aromatic carbocycles. The van der Waals surface area contributed by atoms with Crippen molar-refractivity contribution in [2.75, 3.05) is 0 Å². The van der Waals surface area contributed by atoms with Crippen LogP contribution in [0, 0.1) is 5.82 Å². The Labute approximate surface area is 91.2 Å². The summed E-state index contributed by atoms with van der Waals surface area (Å²) in [7, 11) is 0. The maximum atomic E-state index is 13.3. The van der Waals surface area contributed by atoms with Gasteiger partial charge in [0.1, 0.15) is 5.82 Å². The maximum absolute atomic E-state index is 13.3. The Kier molecular flexibility index (Phi) is 3.77. The number of carbonyl (C=O) groups excluding carboxylic acids is 1. The van der Waals surface area contributed by atoms with Crippen molar-refractivity contribution in [3.05, 3.63) is 41.2 Å². The van der Waals surface area contributed by atoms with E-state index in [9.17, 15) is 14.0 Å². The third-order valence-electron chi connectivity index (χ3n) is 1.89. The average Bonchev–Trinajstić information content (AvgIpc) is 2.19. The van der Waals surface area contributed by atoms with E-state index in [4.69, 9.17) is 10.8 Å². The van der Waals surface area contributed by atoms with E-state index in [1.807, 2.05) is 0 Å². The zero-order valence-corrected chi connectivity index (χ0v) is 8.31. The second kappa shape index (κ2) is 5.06. The van der Waals surface area contributed by atoms with Gasteiger partial charge >= 0.3 is 5.97 Å². The van der Waals surface area contributed by atoms with Crippen LogP contribution in [0.2, 0.25) is 0 Å². The molecule has 0 saturated heterocycles. The van der Waals surface area contributed by atoms with Gasteiger partial charge in [0.15, 0.2) is 0 Å². The van der Waals surface area contributed by atoms with Gasteiger partial charge < -0.3 is 10.8 Å². The van der Waals surface area contributed by atoms with Crippen LogP contribution >= 0.6 is 0 Å². The van der Waals surface area contributed by atoms with Crippen molar-refractivity contribution in [3.8, 4) is 0 Å². The molecule has 4 nitrogen and oxygen atoms in total. The van der Waals surface area contributed by atoms with Crippen LogP contribution in [0.5, 0.6) is 0 Å². The van der Waals surface area contributed by atoms with Gasteiger partial charge in [-0.05, 0) is 12.1 Å². The molecule has 0 spiro atoms. The van der Waals surface area contributed by atoms with E-state index in [1.54, 1.807) is 0 Å². The summed E-state index contributed by atoms with van der Waals surface area (Å²) < 4.78 is 13.3. The minimum Gasteiger partial charge on any atom is -0.478 e. The first-order valence-electron chi connectivity index (χ1n) is 4.49. The highest BCUT2D eigenvalue weighted by Gasteiger charge is 2.11. The van der Waals surface area contributed by atoms with Gasteiger partial charge in [-0.25, -0.2) is 9.18 Å². The van der Waals surface area contributed by atoms with Crippen LogP contribution in [0.15, 0.2) is 24.3 Å². The van der Waals surface area contributed by atoms with Crippen LogP contribution in [-0.4, -0.2) is 17.0 Å². The molecule has 0 aliphatic carbocycles. The number of carboxylic acid groups (broad SMARTS) is 1. The first-order valence-corrected chi connectivity index (χ1v) is 4.49. The van der Waals surface area contributed by atoms with Gasteiger partial charge in [-0.1, -0.05) is 18.2 Å². The van der Waals surface area contributed by atoms with E-state index in [0.29, 0.717) is 0 Å². The van der Waals surface area contributed by atoms with Gasteiger partial charge in [0.2, 0.25) is 5.91 Å². The Bertz CT molecular complexity index is 455. The summed E-state index contributed by atoms with van der Waals surface area (Å²) in [5.41, 5.74) is 4.68. The summed E-state index contributed by atoms with van der Waals surface area (Å²) in [5, 5.41) is 8.81. The van der Waals surface area contributed by atoms with Gasteiger partial charge in [0.05, 0.1) is 5.56 Å². The maximum Gasteiger partial charge on any atom is 0.336 e. The zero-order chi connectivity index (χ0) is 12.1. The molecule has 3 N–H and O–H groups in total. The predicted octanol–water partition coefficient (Wildman–Crippen LogP) is 1.41. The highest BCUT2D eigenvalue weighted by molar-refractivity contribution is 5.92.